The van der Waals surface area contributed by atoms with E-state index in [1.807, 2.05) is 47.9 Å². The van der Waals surface area contributed by atoms with Gasteiger partial charge in [0.05, 0.1) is 0 Å². The fourth-order valence-electron chi connectivity index (χ4n) is 5.08. The van der Waals surface area contributed by atoms with Gasteiger partial charge in [-0.1, -0.05) is 55.5 Å². The smallest absolute Gasteiger partial charge is 0.334 e. The normalized spacial score (nSPS) is 14.2. The highest BCUT2D eigenvalue weighted by molar-refractivity contribution is 5.80. The maximum Gasteiger partial charge on any atom is 0.334 e. The van der Waals surface area contributed by atoms with E-state index < -0.39 is 6.23 Å². The van der Waals surface area contributed by atoms with E-state index in [0.29, 0.717) is 42.4 Å². The zero-order chi connectivity index (χ0) is 27.1. The van der Waals surface area contributed by atoms with Crippen LogP contribution in [-0.4, -0.2) is 46.4 Å². The molecule has 11 heteroatoms. The number of hydrogen-bond donors (Lipinski definition) is 1. The Morgan fingerprint density at radius 2 is 1.79 bits per heavy atom. The zero-order valence-electron chi connectivity index (χ0n) is 22.2. The number of rotatable bonds is 9. The summed E-state index contributed by atoms with van der Waals surface area (Å²) >= 11 is 0. The minimum Gasteiger partial charge on any atom is -0.361 e. The second kappa shape index (κ2) is 10.1. The number of aryl methyl sites for hydroxylation is 1. The molecule has 0 aliphatic heterocycles. The number of nitrogens with one attached hydrogen (secondary N) is 1. The molecule has 2 aromatic carbocycles. The standard InChI is InChI=1S/C28H30N8O3/c1-4-23-29-26-24(27(37)36(17(2)39-3)28(38)35(26)16-18-9-10-18)34(23)15-19-11-13-20(14-12-19)21-7-5-6-8-22(21)25-30-32-33-31-25/h5-8,11-14,17-18H,4,9-10,15-16H2,1-3H3,(H,30,31,32,33). The SMILES string of the molecule is CCc1nc2c(c(=O)n(C(C)OC)c(=O)n2CC2CC2)n1Cc1ccc(-c2ccccc2-c2nnn[nH]2)cc1. The van der Waals surface area contributed by atoms with E-state index in [1.54, 1.807) is 11.5 Å². The number of hydrogen-bond acceptors (Lipinski definition) is 7. The molecule has 1 unspecified atom stereocenters. The third-order valence-electron chi connectivity index (χ3n) is 7.43. The number of imidazole rings is 1. The van der Waals surface area contributed by atoms with Crippen molar-refractivity contribution in [2.24, 2.45) is 5.92 Å². The molecule has 0 bridgehead atoms. The fourth-order valence-corrected chi connectivity index (χ4v) is 5.08. The molecular weight excluding hydrogens is 496 g/mol. The zero-order valence-corrected chi connectivity index (χ0v) is 22.2. The third kappa shape index (κ3) is 4.48. The molecule has 0 radical (unpaired) electrons. The van der Waals surface area contributed by atoms with Gasteiger partial charge in [-0.3, -0.25) is 9.36 Å². The van der Waals surface area contributed by atoms with Crippen molar-refractivity contribution in [3.63, 3.8) is 0 Å². The molecule has 11 nitrogen and oxygen atoms in total. The number of aromatic nitrogens is 8. The van der Waals surface area contributed by atoms with Crippen LogP contribution in [0.2, 0.25) is 0 Å². The summed E-state index contributed by atoms with van der Waals surface area (Å²) in [6, 6.07) is 16.1. The molecule has 1 aliphatic rings. The van der Waals surface area contributed by atoms with E-state index in [1.165, 1.54) is 11.7 Å². The molecule has 39 heavy (non-hydrogen) atoms. The van der Waals surface area contributed by atoms with E-state index in [0.717, 1.165) is 40.9 Å². The highest BCUT2D eigenvalue weighted by atomic mass is 16.5. The summed E-state index contributed by atoms with van der Waals surface area (Å²) in [5, 5.41) is 14.3. The first-order valence-corrected chi connectivity index (χ1v) is 13.2. The fraction of sp³-hybridized carbons (Fsp3) is 0.357. The van der Waals surface area contributed by atoms with Gasteiger partial charge in [-0.05, 0) is 52.8 Å². The molecule has 1 aliphatic carbocycles. The molecule has 3 aromatic heterocycles. The first kappa shape index (κ1) is 24.9. The van der Waals surface area contributed by atoms with Crippen LogP contribution in [0.3, 0.4) is 0 Å². The van der Waals surface area contributed by atoms with Gasteiger partial charge in [0.1, 0.15) is 12.1 Å². The molecule has 6 rings (SSSR count). The minimum absolute atomic E-state index is 0.369. The Balaban J connectivity index is 1.43. The summed E-state index contributed by atoms with van der Waals surface area (Å²) in [6.45, 7) is 4.73. The lowest BCUT2D eigenvalue weighted by molar-refractivity contribution is 0.0529. The molecule has 0 amide bonds. The van der Waals surface area contributed by atoms with Crippen molar-refractivity contribution in [1.29, 1.82) is 0 Å². The van der Waals surface area contributed by atoms with Crippen molar-refractivity contribution in [3.8, 4) is 22.5 Å². The van der Waals surface area contributed by atoms with Gasteiger partial charge in [-0.25, -0.2) is 19.4 Å². The quantitative estimate of drug-likeness (QED) is 0.312. The summed E-state index contributed by atoms with van der Waals surface area (Å²) in [7, 11) is 1.50. The summed E-state index contributed by atoms with van der Waals surface area (Å²) in [4.78, 5) is 31.9. The Hall–Kier alpha value is -4.38. The van der Waals surface area contributed by atoms with Gasteiger partial charge in [-0.2, -0.15) is 0 Å². The number of benzene rings is 2. The highest BCUT2D eigenvalue weighted by Crippen LogP contribution is 2.32. The van der Waals surface area contributed by atoms with E-state index in [2.05, 4.69) is 32.8 Å². The van der Waals surface area contributed by atoms with Gasteiger partial charge < -0.3 is 9.30 Å². The van der Waals surface area contributed by atoms with Gasteiger partial charge in [0.15, 0.2) is 17.0 Å². The van der Waals surface area contributed by atoms with Gasteiger partial charge in [0.25, 0.3) is 5.56 Å². The van der Waals surface area contributed by atoms with Crippen molar-refractivity contribution in [2.45, 2.75) is 52.4 Å². The Kier molecular flexibility index (Phi) is 6.43. The molecule has 1 atom stereocenters. The van der Waals surface area contributed by atoms with Crippen LogP contribution in [0.1, 0.15) is 44.3 Å². The van der Waals surface area contributed by atoms with Crippen LogP contribution >= 0.6 is 0 Å². The topological polar surface area (TPSA) is 126 Å². The van der Waals surface area contributed by atoms with Crippen molar-refractivity contribution in [2.75, 3.05) is 7.11 Å². The lowest BCUT2D eigenvalue weighted by Gasteiger charge is -2.16. The third-order valence-corrected chi connectivity index (χ3v) is 7.43. The van der Waals surface area contributed by atoms with Crippen LogP contribution in [0.5, 0.6) is 0 Å². The number of tetrazole rings is 1. The number of aromatic amines is 1. The van der Waals surface area contributed by atoms with Gasteiger partial charge in [0.2, 0.25) is 0 Å². The molecule has 1 fully saturated rings. The largest absolute Gasteiger partial charge is 0.361 e. The summed E-state index contributed by atoms with van der Waals surface area (Å²) in [5.74, 6) is 1.81. The van der Waals surface area contributed by atoms with E-state index in [9.17, 15) is 9.59 Å². The lowest BCUT2D eigenvalue weighted by atomic mass is 9.98. The molecular formula is C28H30N8O3. The molecule has 1 saturated carbocycles. The van der Waals surface area contributed by atoms with Gasteiger partial charge in [0, 0.05) is 32.2 Å². The summed E-state index contributed by atoms with van der Waals surface area (Å²) < 4.78 is 10.2. The van der Waals surface area contributed by atoms with Crippen LogP contribution in [0.25, 0.3) is 33.7 Å². The Labute approximate surface area is 224 Å². The number of fused-ring (bicyclic) bond motifs is 1. The predicted octanol–water partition coefficient (Wildman–Crippen LogP) is 3.39. The Morgan fingerprint density at radius 1 is 1.05 bits per heavy atom. The second-order valence-corrected chi connectivity index (χ2v) is 9.98. The van der Waals surface area contributed by atoms with Gasteiger partial charge >= 0.3 is 5.69 Å². The average Bonchev–Trinajstić information content (AvgIpc) is 3.46. The first-order valence-electron chi connectivity index (χ1n) is 13.2. The van der Waals surface area contributed by atoms with Crippen molar-refractivity contribution in [3.05, 3.63) is 80.8 Å². The molecule has 1 N–H and O–H groups in total. The Bertz CT molecular complexity index is 1740. The first-order chi connectivity index (χ1) is 19.0. The highest BCUT2D eigenvalue weighted by Gasteiger charge is 2.28. The van der Waals surface area contributed by atoms with Crippen LogP contribution < -0.4 is 11.2 Å². The van der Waals surface area contributed by atoms with Crippen molar-refractivity contribution in [1.82, 2.24) is 39.3 Å². The summed E-state index contributed by atoms with van der Waals surface area (Å²) in [6.07, 6.45) is 2.10. The minimum atomic E-state index is -0.688. The molecule has 3 heterocycles. The molecule has 0 spiro atoms. The number of methoxy groups -OCH3 is 1. The second-order valence-electron chi connectivity index (χ2n) is 9.98. The average molecular weight is 527 g/mol. The van der Waals surface area contributed by atoms with Crippen molar-refractivity contribution < 1.29 is 4.74 Å². The molecule has 0 saturated heterocycles. The van der Waals surface area contributed by atoms with Gasteiger partial charge in [-0.15, -0.1) is 5.10 Å². The van der Waals surface area contributed by atoms with Crippen LogP contribution in [0.15, 0.2) is 58.1 Å². The van der Waals surface area contributed by atoms with Crippen LogP contribution in [0, 0.1) is 5.92 Å². The summed E-state index contributed by atoms with van der Waals surface area (Å²) in [5.41, 5.74) is 4.09. The van der Waals surface area contributed by atoms with E-state index in [4.69, 9.17) is 9.72 Å². The Morgan fingerprint density at radius 3 is 2.44 bits per heavy atom. The number of nitrogens with zero attached hydrogens (tertiary/aromatic N) is 7. The maximum atomic E-state index is 13.7. The van der Waals surface area contributed by atoms with Crippen LogP contribution in [0.4, 0.5) is 0 Å². The number of H-pyrrole nitrogens is 1. The predicted molar refractivity (Wildman–Crippen MR) is 146 cm³/mol. The number of ether oxygens (including phenoxy) is 1. The maximum absolute atomic E-state index is 13.7. The monoisotopic (exact) mass is 526 g/mol. The molecule has 200 valence electrons. The molecule has 5 aromatic rings. The van der Waals surface area contributed by atoms with E-state index in [-0.39, 0.29) is 11.2 Å². The van der Waals surface area contributed by atoms with Crippen LogP contribution in [-0.2, 0) is 24.2 Å². The van der Waals surface area contributed by atoms with E-state index >= 15 is 0 Å². The van der Waals surface area contributed by atoms with Crippen molar-refractivity contribution >= 4 is 11.2 Å². The lowest BCUT2D eigenvalue weighted by Crippen LogP contribution is -2.43.